The van der Waals surface area contributed by atoms with Gasteiger partial charge in [-0.15, -0.1) is 11.3 Å². The van der Waals surface area contributed by atoms with Gasteiger partial charge in [0, 0.05) is 11.0 Å². The molecule has 2 aromatic heterocycles. The van der Waals surface area contributed by atoms with E-state index in [4.69, 9.17) is 9.72 Å². The summed E-state index contributed by atoms with van der Waals surface area (Å²) in [5.74, 6) is -0.0168. The number of thiazole rings is 1. The second-order valence-corrected chi connectivity index (χ2v) is 8.91. The Morgan fingerprint density at radius 2 is 2.18 bits per heavy atom. The van der Waals surface area contributed by atoms with Crippen LogP contribution in [0.1, 0.15) is 10.4 Å². The van der Waals surface area contributed by atoms with Crippen molar-refractivity contribution in [3.05, 3.63) is 52.2 Å². The molecule has 0 saturated carbocycles. The van der Waals surface area contributed by atoms with E-state index in [2.05, 4.69) is 19.1 Å². The first-order chi connectivity index (χ1) is 13.7. The number of nitrogens with one attached hydrogen (secondary N) is 1. The molecule has 1 N–H and O–H groups in total. The number of carbonyl (C=O) groups excluding carboxylic acids is 1. The third-order valence-corrected chi connectivity index (χ3v) is 6.73. The summed E-state index contributed by atoms with van der Waals surface area (Å²) in [6.45, 7) is 7.20. The van der Waals surface area contributed by atoms with Gasteiger partial charge < -0.3 is 9.64 Å². The number of anilines is 1. The number of benzene rings is 1. The smallest absolute Gasteiger partial charge is 0.253 e. The number of aryl methyl sites for hydroxylation is 1. The first-order valence-electron chi connectivity index (χ1n) is 9.50. The number of rotatable bonds is 6. The molecular weight excluding hydrogens is 390 g/mol. The number of amides is 1. The second kappa shape index (κ2) is 8.96. The zero-order valence-corrected chi connectivity index (χ0v) is 17.5. The molecule has 3 aromatic rings. The van der Waals surface area contributed by atoms with E-state index in [1.54, 1.807) is 28.7 Å². The van der Waals surface area contributed by atoms with Crippen LogP contribution in [0.2, 0.25) is 0 Å². The number of carbonyl (C=O) groups is 1. The summed E-state index contributed by atoms with van der Waals surface area (Å²) in [5, 5.41) is 2.79. The van der Waals surface area contributed by atoms with Crippen molar-refractivity contribution in [1.82, 2.24) is 4.98 Å². The topological polar surface area (TPSA) is 46.9 Å². The number of fused-ring (bicyclic) bond motifs is 1. The Bertz CT molecular complexity index is 959. The lowest BCUT2D eigenvalue weighted by atomic mass is 10.2. The first-order valence-corrected chi connectivity index (χ1v) is 11.2. The van der Waals surface area contributed by atoms with Crippen molar-refractivity contribution in [2.24, 2.45) is 0 Å². The van der Waals surface area contributed by atoms with Gasteiger partial charge in [0.25, 0.3) is 5.91 Å². The maximum absolute atomic E-state index is 13.0. The fourth-order valence-corrected chi connectivity index (χ4v) is 4.96. The van der Waals surface area contributed by atoms with Gasteiger partial charge in [0.1, 0.15) is 13.1 Å². The Morgan fingerprint density at radius 3 is 2.96 bits per heavy atom. The van der Waals surface area contributed by atoms with Crippen LogP contribution in [0.25, 0.3) is 16.3 Å². The number of nitrogens with zero attached hydrogens (tertiary/aromatic N) is 2. The zero-order chi connectivity index (χ0) is 19.3. The van der Waals surface area contributed by atoms with Gasteiger partial charge >= 0.3 is 0 Å². The second-order valence-electron chi connectivity index (χ2n) is 6.92. The average molecular weight is 415 g/mol. The number of hydrogen-bond acceptors (Lipinski definition) is 5. The lowest BCUT2D eigenvalue weighted by molar-refractivity contribution is -0.906. The quantitative estimate of drug-likeness (QED) is 0.631. The maximum atomic E-state index is 13.0. The van der Waals surface area contributed by atoms with Crippen molar-refractivity contribution in [1.29, 1.82) is 0 Å². The van der Waals surface area contributed by atoms with Gasteiger partial charge in [-0.05, 0) is 42.1 Å². The van der Waals surface area contributed by atoms with E-state index in [1.165, 1.54) is 10.5 Å². The van der Waals surface area contributed by atoms with Crippen LogP contribution in [0.5, 0.6) is 0 Å². The monoisotopic (exact) mass is 414 g/mol. The van der Waals surface area contributed by atoms with Crippen molar-refractivity contribution < 1.29 is 14.4 Å². The summed E-state index contributed by atoms with van der Waals surface area (Å²) in [6, 6.07) is 10.2. The van der Waals surface area contributed by atoms with Crippen LogP contribution in [0, 0.1) is 6.92 Å². The molecule has 0 radical (unpaired) electrons. The summed E-state index contributed by atoms with van der Waals surface area (Å²) in [7, 11) is 0. The van der Waals surface area contributed by atoms with Crippen LogP contribution in [0.3, 0.4) is 0 Å². The summed E-state index contributed by atoms with van der Waals surface area (Å²) < 4.78 is 6.57. The minimum atomic E-state index is -0.0168. The molecular formula is C21H24N3O2S2+. The van der Waals surface area contributed by atoms with Gasteiger partial charge in [-0.3, -0.25) is 9.69 Å². The van der Waals surface area contributed by atoms with Crippen LogP contribution in [0.4, 0.5) is 5.13 Å². The molecule has 4 rings (SSSR count). The highest BCUT2D eigenvalue weighted by atomic mass is 32.1. The van der Waals surface area contributed by atoms with E-state index in [0.717, 1.165) is 53.1 Å². The van der Waals surface area contributed by atoms with Gasteiger partial charge in [0.15, 0.2) is 5.13 Å². The highest BCUT2D eigenvalue weighted by molar-refractivity contribution is 7.22. The van der Waals surface area contributed by atoms with Gasteiger partial charge in [-0.2, -0.15) is 0 Å². The molecule has 1 fully saturated rings. The third-order valence-electron chi connectivity index (χ3n) is 4.85. The summed E-state index contributed by atoms with van der Waals surface area (Å²) in [5.41, 5.74) is 2.15. The van der Waals surface area contributed by atoms with E-state index in [-0.39, 0.29) is 5.91 Å². The average Bonchev–Trinajstić information content (AvgIpc) is 3.36. The van der Waals surface area contributed by atoms with Crippen molar-refractivity contribution in [3.8, 4) is 0 Å². The van der Waals surface area contributed by atoms with Crippen LogP contribution < -0.4 is 9.80 Å². The van der Waals surface area contributed by atoms with E-state index in [9.17, 15) is 4.79 Å². The molecule has 7 heteroatoms. The molecule has 1 aromatic carbocycles. The van der Waals surface area contributed by atoms with Crippen molar-refractivity contribution in [3.63, 3.8) is 0 Å². The van der Waals surface area contributed by atoms with Gasteiger partial charge in [0.05, 0.1) is 36.5 Å². The molecule has 1 aliphatic heterocycles. The predicted molar refractivity (Wildman–Crippen MR) is 116 cm³/mol. The zero-order valence-electron chi connectivity index (χ0n) is 15.9. The lowest BCUT2D eigenvalue weighted by Gasteiger charge is -2.26. The molecule has 146 valence electrons. The van der Waals surface area contributed by atoms with Crippen molar-refractivity contribution in [2.75, 3.05) is 44.3 Å². The third kappa shape index (κ3) is 4.67. The summed E-state index contributed by atoms with van der Waals surface area (Å²) >= 11 is 3.21. The van der Waals surface area contributed by atoms with E-state index in [0.29, 0.717) is 6.54 Å². The predicted octanol–water partition coefficient (Wildman–Crippen LogP) is 2.63. The van der Waals surface area contributed by atoms with Crippen molar-refractivity contribution in [2.45, 2.75) is 6.92 Å². The summed E-state index contributed by atoms with van der Waals surface area (Å²) in [6.07, 6.45) is 3.55. The Hall–Kier alpha value is -2.06. The molecule has 28 heavy (non-hydrogen) atoms. The Balaban J connectivity index is 1.56. The molecule has 0 aliphatic carbocycles. The fourth-order valence-electron chi connectivity index (χ4n) is 3.24. The number of ether oxygens (including phenoxy) is 1. The van der Waals surface area contributed by atoms with E-state index in [1.807, 2.05) is 34.6 Å². The maximum Gasteiger partial charge on any atom is 0.253 e. The largest absolute Gasteiger partial charge is 0.370 e. The number of morpholine rings is 1. The van der Waals surface area contributed by atoms with E-state index < -0.39 is 0 Å². The standard InChI is InChI=1S/C21H23N3O2S2/c1-16-4-6-18-19(15-16)28-21(22-18)24(9-8-23-10-12-26-13-11-23)20(25)7-5-17-3-2-14-27-17/h2-7,14-15H,8-13H2,1H3/p+1/b7-5+. The minimum absolute atomic E-state index is 0.0168. The number of quaternary nitrogens is 1. The molecule has 1 aliphatic rings. The molecule has 1 saturated heterocycles. The van der Waals surface area contributed by atoms with Crippen LogP contribution in [-0.4, -0.2) is 50.3 Å². The van der Waals surface area contributed by atoms with Gasteiger partial charge in [0.2, 0.25) is 0 Å². The Labute approximate surface area is 172 Å². The van der Waals surface area contributed by atoms with Crippen LogP contribution >= 0.6 is 22.7 Å². The molecule has 3 heterocycles. The van der Waals surface area contributed by atoms with Gasteiger partial charge in [-0.1, -0.05) is 23.5 Å². The number of aromatic nitrogens is 1. The van der Waals surface area contributed by atoms with Crippen LogP contribution in [0.15, 0.2) is 41.8 Å². The molecule has 0 atom stereocenters. The lowest BCUT2D eigenvalue weighted by Crippen LogP contribution is -3.14. The molecule has 0 unspecified atom stereocenters. The minimum Gasteiger partial charge on any atom is -0.370 e. The molecule has 1 amide bonds. The van der Waals surface area contributed by atoms with Crippen molar-refractivity contribution >= 4 is 50.0 Å². The fraction of sp³-hybridized carbons (Fsp3) is 0.333. The highest BCUT2D eigenvalue weighted by Gasteiger charge is 2.21. The molecule has 0 bridgehead atoms. The summed E-state index contributed by atoms with van der Waals surface area (Å²) in [4.78, 5) is 22.2. The SMILES string of the molecule is Cc1ccc2nc(N(CC[NH+]3CCOCC3)C(=O)/C=C/c3cccs3)sc2c1. The Kier molecular flexibility index (Phi) is 6.17. The number of hydrogen-bond donors (Lipinski definition) is 1. The van der Waals surface area contributed by atoms with E-state index >= 15 is 0 Å². The van der Waals surface area contributed by atoms with Crippen LogP contribution in [-0.2, 0) is 9.53 Å². The first kappa shape index (κ1) is 19.3. The Morgan fingerprint density at radius 1 is 1.32 bits per heavy atom. The van der Waals surface area contributed by atoms with Gasteiger partial charge in [-0.25, -0.2) is 4.98 Å². The molecule has 0 spiro atoms. The molecule has 5 nitrogen and oxygen atoms in total. The highest BCUT2D eigenvalue weighted by Crippen LogP contribution is 2.29. The number of thiophene rings is 1. The normalized spacial score (nSPS) is 15.5.